The summed E-state index contributed by atoms with van der Waals surface area (Å²) in [6.07, 6.45) is 3.03. The van der Waals surface area contributed by atoms with Gasteiger partial charge in [0.1, 0.15) is 5.65 Å². The highest BCUT2D eigenvalue weighted by Gasteiger charge is 2.06. The van der Waals surface area contributed by atoms with E-state index in [0.717, 1.165) is 5.39 Å². The molecule has 0 bridgehead atoms. The summed E-state index contributed by atoms with van der Waals surface area (Å²) < 4.78 is 20.2. The Balaban J connectivity index is 2.75. The summed E-state index contributed by atoms with van der Waals surface area (Å²) >= 11 is 4.42. The maximum Gasteiger partial charge on any atom is 0.172 e. The van der Waals surface area contributed by atoms with Crippen LogP contribution in [-0.4, -0.2) is 18.7 Å². The minimum absolute atomic E-state index is 0.176. The SMILES string of the molecule is O=S(O)(=S)c1cnc2[nH]ccc2c1. The Hall–Kier alpha value is -0.980. The number of aromatic amines is 1. The number of nitrogens with one attached hydrogen (secondary N) is 1. The molecule has 1 atom stereocenters. The van der Waals surface area contributed by atoms with Crippen molar-refractivity contribution in [3.05, 3.63) is 24.5 Å². The van der Waals surface area contributed by atoms with Crippen LogP contribution < -0.4 is 0 Å². The summed E-state index contributed by atoms with van der Waals surface area (Å²) in [6, 6.07) is 3.33. The second-order valence-corrected chi connectivity index (χ2v) is 5.34. The van der Waals surface area contributed by atoms with Gasteiger partial charge in [0.2, 0.25) is 0 Å². The lowest BCUT2D eigenvalue weighted by Gasteiger charge is -1.97. The van der Waals surface area contributed by atoms with Gasteiger partial charge >= 0.3 is 0 Å². The van der Waals surface area contributed by atoms with Crippen molar-refractivity contribution in [2.75, 3.05) is 0 Å². The van der Waals surface area contributed by atoms with E-state index in [2.05, 4.69) is 21.2 Å². The van der Waals surface area contributed by atoms with Crippen molar-refractivity contribution < 1.29 is 8.76 Å². The molecule has 0 aromatic carbocycles. The predicted molar refractivity (Wildman–Crippen MR) is 52.5 cm³/mol. The van der Waals surface area contributed by atoms with E-state index in [0.29, 0.717) is 5.65 Å². The van der Waals surface area contributed by atoms with Gasteiger partial charge in [-0.15, -0.1) is 0 Å². The third kappa shape index (κ3) is 1.55. The van der Waals surface area contributed by atoms with Crippen LogP contribution in [-0.2, 0) is 20.0 Å². The van der Waals surface area contributed by atoms with Crippen LogP contribution in [0.3, 0.4) is 0 Å². The molecule has 0 radical (unpaired) electrons. The molecule has 2 aromatic rings. The zero-order chi connectivity index (χ0) is 9.47. The first kappa shape index (κ1) is 8.61. The van der Waals surface area contributed by atoms with Crippen molar-refractivity contribution in [3.8, 4) is 0 Å². The molecule has 0 saturated carbocycles. The average Bonchev–Trinajstić information content (AvgIpc) is 2.47. The number of H-pyrrole nitrogens is 1. The minimum Gasteiger partial charge on any atom is -0.346 e. The first-order valence-corrected chi connectivity index (χ1v) is 5.92. The molecule has 2 N–H and O–H groups in total. The lowest BCUT2D eigenvalue weighted by Crippen LogP contribution is -1.96. The number of rotatable bonds is 1. The standard InChI is InChI=1S/C7H6N2O2S2/c10-13(11,12)6-3-5-1-2-8-7(5)9-4-6/h1-4H,(H,8,9)(H,10,11,12). The largest absolute Gasteiger partial charge is 0.346 e. The fraction of sp³-hybridized carbons (Fsp3) is 0. The fourth-order valence-electron chi connectivity index (χ4n) is 1.06. The van der Waals surface area contributed by atoms with Crippen LogP contribution in [0.25, 0.3) is 11.0 Å². The predicted octanol–water partition coefficient (Wildman–Crippen LogP) is 1.14. The monoisotopic (exact) mass is 214 g/mol. The Labute approximate surface area is 79.5 Å². The Morgan fingerprint density at radius 3 is 3.08 bits per heavy atom. The van der Waals surface area contributed by atoms with Crippen molar-refractivity contribution in [2.45, 2.75) is 4.90 Å². The Kier molecular flexibility index (Phi) is 1.83. The highest BCUT2D eigenvalue weighted by molar-refractivity contribution is 8.29. The van der Waals surface area contributed by atoms with Gasteiger partial charge in [-0.05, 0) is 12.1 Å². The smallest absolute Gasteiger partial charge is 0.172 e. The number of pyridine rings is 1. The van der Waals surface area contributed by atoms with Crippen LogP contribution in [0.15, 0.2) is 29.4 Å². The van der Waals surface area contributed by atoms with Crippen LogP contribution in [0.4, 0.5) is 0 Å². The van der Waals surface area contributed by atoms with E-state index < -0.39 is 8.77 Å². The van der Waals surface area contributed by atoms with Crippen LogP contribution in [0.1, 0.15) is 0 Å². The molecule has 13 heavy (non-hydrogen) atoms. The van der Waals surface area contributed by atoms with E-state index in [1.54, 1.807) is 18.3 Å². The molecule has 0 aliphatic heterocycles. The highest BCUT2D eigenvalue weighted by Crippen LogP contribution is 2.14. The molecular weight excluding hydrogens is 208 g/mol. The number of fused-ring (bicyclic) bond motifs is 1. The second-order valence-electron chi connectivity index (χ2n) is 2.56. The minimum atomic E-state index is -3.32. The van der Waals surface area contributed by atoms with Gasteiger partial charge in [0.25, 0.3) is 0 Å². The topological polar surface area (TPSA) is 66.0 Å². The van der Waals surface area contributed by atoms with Crippen molar-refractivity contribution in [2.24, 2.45) is 0 Å². The molecule has 2 heterocycles. The molecule has 1 unspecified atom stereocenters. The van der Waals surface area contributed by atoms with Gasteiger partial charge in [0.05, 0.1) is 4.90 Å². The third-order valence-electron chi connectivity index (χ3n) is 1.67. The van der Waals surface area contributed by atoms with Crippen LogP contribution in [0, 0.1) is 0 Å². The normalized spacial score (nSPS) is 15.8. The van der Waals surface area contributed by atoms with Crippen molar-refractivity contribution >= 4 is 31.0 Å². The molecule has 0 amide bonds. The maximum absolute atomic E-state index is 11.1. The molecule has 6 heteroatoms. The number of aromatic nitrogens is 2. The van der Waals surface area contributed by atoms with Gasteiger partial charge in [-0.25, -0.2) is 9.19 Å². The van der Waals surface area contributed by atoms with Crippen molar-refractivity contribution in [1.82, 2.24) is 9.97 Å². The fourth-order valence-corrected chi connectivity index (χ4v) is 1.80. The van der Waals surface area contributed by atoms with E-state index in [1.165, 1.54) is 6.20 Å². The van der Waals surface area contributed by atoms with Crippen LogP contribution in [0.5, 0.6) is 0 Å². The third-order valence-corrected chi connectivity index (χ3v) is 3.07. The molecule has 0 aliphatic carbocycles. The highest BCUT2D eigenvalue weighted by atomic mass is 32.8. The zero-order valence-corrected chi connectivity index (χ0v) is 8.06. The van der Waals surface area contributed by atoms with Crippen molar-refractivity contribution in [1.29, 1.82) is 0 Å². The Morgan fingerprint density at radius 1 is 1.62 bits per heavy atom. The van der Waals surface area contributed by atoms with E-state index >= 15 is 0 Å². The summed E-state index contributed by atoms with van der Waals surface area (Å²) in [6.45, 7) is 0. The molecule has 4 nitrogen and oxygen atoms in total. The molecule has 2 aromatic heterocycles. The average molecular weight is 214 g/mol. The van der Waals surface area contributed by atoms with Crippen LogP contribution in [0.2, 0.25) is 0 Å². The number of hydrogen-bond acceptors (Lipinski definition) is 3. The number of nitrogens with zero attached hydrogens (tertiary/aromatic N) is 1. The summed E-state index contributed by atoms with van der Waals surface area (Å²) in [5.74, 6) is 0. The van der Waals surface area contributed by atoms with Crippen LogP contribution >= 0.6 is 0 Å². The molecule has 68 valence electrons. The first-order chi connectivity index (χ1) is 6.07. The van der Waals surface area contributed by atoms with Gasteiger partial charge < -0.3 is 9.54 Å². The zero-order valence-electron chi connectivity index (χ0n) is 6.43. The van der Waals surface area contributed by atoms with Gasteiger partial charge in [0, 0.05) is 29.0 Å². The van der Waals surface area contributed by atoms with E-state index in [-0.39, 0.29) is 4.90 Å². The summed E-state index contributed by atoms with van der Waals surface area (Å²) in [5, 5.41) is 0.782. The molecule has 0 spiro atoms. The molecule has 0 fully saturated rings. The molecular formula is C7H6N2O2S2. The first-order valence-electron chi connectivity index (χ1n) is 3.48. The van der Waals surface area contributed by atoms with Crippen molar-refractivity contribution in [3.63, 3.8) is 0 Å². The summed E-state index contributed by atoms with van der Waals surface area (Å²) in [4.78, 5) is 7.00. The molecule has 2 rings (SSSR count). The van der Waals surface area contributed by atoms with Gasteiger partial charge in [0.15, 0.2) is 8.77 Å². The van der Waals surface area contributed by atoms with E-state index in [4.69, 9.17) is 4.55 Å². The second kappa shape index (κ2) is 2.76. The lowest BCUT2D eigenvalue weighted by molar-refractivity contribution is 0.561. The Morgan fingerprint density at radius 2 is 2.38 bits per heavy atom. The van der Waals surface area contributed by atoms with Gasteiger partial charge in [-0.2, -0.15) is 0 Å². The Bertz CT molecular complexity index is 544. The molecule has 0 saturated heterocycles. The quantitative estimate of drug-likeness (QED) is 0.747. The van der Waals surface area contributed by atoms with Gasteiger partial charge in [-0.3, -0.25) is 0 Å². The van der Waals surface area contributed by atoms with E-state index in [1.807, 2.05) is 0 Å². The summed E-state index contributed by atoms with van der Waals surface area (Å²) in [7, 11) is -3.32. The maximum atomic E-state index is 11.1. The lowest BCUT2D eigenvalue weighted by atomic mass is 10.3. The molecule has 0 aliphatic rings. The summed E-state index contributed by atoms with van der Waals surface area (Å²) in [5.41, 5.74) is 0.683. The van der Waals surface area contributed by atoms with E-state index in [9.17, 15) is 4.21 Å². The number of hydrogen-bond donors (Lipinski definition) is 2. The van der Waals surface area contributed by atoms with Gasteiger partial charge in [-0.1, -0.05) is 0 Å².